The highest BCUT2D eigenvalue weighted by Gasteiger charge is 2.25. The van der Waals surface area contributed by atoms with Crippen LogP contribution in [-0.2, 0) is 19.4 Å². The fourth-order valence-corrected chi connectivity index (χ4v) is 3.29. The van der Waals surface area contributed by atoms with Crippen molar-refractivity contribution < 1.29 is 0 Å². The van der Waals surface area contributed by atoms with Crippen LogP contribution in [0.5, 0.6) is 0 Å². The van der Waals surface area contributed by atoms with Gasteiger partial charge in [-0.1, -0.05) is 20.8 Å². The van der Waals surface area contributed by atoms with Crippen molar-refractivity contribution in [2.45, 2.75) is 66.5 Å². The first-order chi connectivity index (χ1) is 8.30. The first-order valence-electron chi connectivity index (χ1n) is 6.80. The lowest BCUT2D eigenvalue weighted by molar-refractivity contribution is 0.300. The van der Waals surface area contributed by atoms with Gasteiger partial charge in [-0.25, -0.2) is 0 Å². The minimum Gasteiger partial charge on any atom is -0.328 e. The molecule has 4 heteroatoms. The third-order valence-corrected chi connectivity index (χ3v) is 4.13. The van der Waals surface area contributed by atoms with Gasteiger partial charge < -0.3 is 5.73 Å². The van der Waals surface area contributed by atoms with E-state index in [0.29, 0.717) is 0 Å². The van der Waals surface area contributed by atoms with Gasteiger partial charge in [0.25, 0.3) is 0 Å². The minimum atomic E-state index is 0.203. The van der Waals surface area contributed by atoms with Crippen LogP contribution in [0.1, 0.15) is 52.4 Å². The molecule has 0 saturated carbocycles. The molecular weight excluding hydrogens is 290 g/mol. The van der Waals surface area contributed by atoms with E-state index >= 15 is 0 Å². The van der Waals surface area contributed by atoms with Gasteiger partial charge >= 0.3 is 0 Å². The maximum atomic E-state index is 5.94. The molecule has 2 N–H and O–H groups in total. The Bertz CT molecular complexity index is 394. The predicted octanol–water partition coefficient (Wildman–Crippen LogP) is 3.53. The van der Waals surface area contributed by atoms with E-state index in [2.05, 4.69) is 60.3 Å². The van der Waals surface area contributed by atoms with Gasteiger partial charge in [0, 0.05) is 12.6 Å². The van der Waals surface area contributed by atoms with Gasteiger partial charge in [0.2, 0.25) is 0 Å². The zero-order chi connectivity index (χ0) is 13.9. The molecule has 1 aromatic rings. The van der Waals surface area contributed by atoms with E-state index in [-0.39, 0.29) is 11.5 Å². The summed E-state index contributed by atoms with van der Waals surface area (Å²) in [5.41, 5.74) is 8.60. The predicted molar refractivity (Wildman–Crippen MR) is 80.7 cm³/mol. The number of halogens is 1. The monoisotopic (exact) mass is 315 g/mol. The molecular formula is C14H26BrN3. The molecule has 0 bridgehead atoms. The van der Waals surface area contributed by atoms with Gasteiger partial charge in [-0.15, -0.1) is 0 Å². The summed E-state index contributed by atoms with van der Waals surface area (Å²) in [6.45, 7) is 11.8. The third kappa shape index (κ3) is 3.82. The summed E-state index contributed by atoms with van der Waals surface area (Å²) < 4.78 is 3.30. The first kappa shape index (κ1) is 15.7. The Morgan fingerprint density at radius 2 is 2.00 bits per heavy atom. The Hall–Kier alpha value is -0.350. The molecule has 1 heterocycles. The maximum Gasteiger partial charge on any atom is 0.0766 e. The molecule has 3 nitrogen and oxygen atoms in total. The van der Waals surface area contributed by atoms with Crippen molar-refractivity contribution in [3.05, 3.63) is 15.9 Å². The molecule has 1 rings (SSSR count). The SMILES string of the molecule is CCc1nn(CC)c(CC(C)(C)CC(C)N)c1Br. The molecule has 0 spiro atoms. The van der Waals surface area contributed by atoms with Crippen molar-refractivity contribution in [2.24, 2.45) is 11.1 Å². The van der Waals surface area contributed by atoms with Gasteiger partial charge in [-0.3, -0.25) is 4.68 Å². The van der Waals surface area contributed by atoms with Crippen LogP contribution in [-0.4, -0.2) is 15.8 Å². The Morgan fingerprint density at radius 1 is 1.39 bits per heavy atom. The molecule has 0 aliphatic rings. The van der Waals surface area contributed by atoms with Gasteiger partial charge in [-0.05, 0) is 54.5 Å². The Morgan fingerprint density at radius 3 is 2.44 bits per heavy atom. The van der Waals surface area contributed by atoms with E-state index in [0.717, 1.165) is 31.5 Å². The average Bonchev–Trinajstić information content (AvgIpc) is 2.53. The number of rotatable bonds is 6. The number of hydrogen-bond acceptors (Lipinski definition) is 2. The first-order valence-corrected chi connectivity index (χ1v) is 7.59. The zero-order valence-corrected chi connectivity index (χ0v) is 13.8. The van der Waals surface area contributed by atoms with E-state index in [4.69, 9.17) is 5.73 Å². The number of aryl methyl sites for hydroxylation is 2. The van der Waals surface area contributed by atoms with Gasteiger partial charge in [0.05, 0.1) is 15.9 Å². The zero-order valence-electron chi connectivity index (χ0n) is 12.3. The second-order valence-corrected chi connectivity index (χ2v) is 6.69. The fourth-order valence-electron chi connectivity index (χ4n) is 2.58. The van der Waals surface area contributed by atoms with Crippen molar-refractivity contribution >= 4 is 15.9 Å². The molecule has 0 fully saturated rings. The summed E-state index contributed by atoms with van der Waals surface area (Å²) in [4.78, 5) is 0. The third-order valence-electron chi connectivity index (χ3n) is 3.21. The highest BCUT2D eigenvalue weighted by Crippen LogP contribution is 2.32. The molecule has 104 valence electrons. The Kier molecular flexibility index (Phi) is 5.41. The highest BCUT2D eigenvalue weighted by molar-refractivity contribution is 9.10. The van der Waals surface area contributed by atoms with Crippen LogP contribution in [0, 0.1) is 5.41 Å². The van der Waals surface area contributed by atoms with Crippen LogP contribution in [0.3, 0.4) is 0 Å². The minimum absolute atomic E-state index is 0.203. The molecule has 1 atom stereocenters. The second kappa shape index (κ2) is 6.20. The summed E-state index contributed by atoms with van der Waals surface area (Å²) >= 11 is 3.71. The normalized spacial score (nSPS) is 13.9. The average molecular weight is 316 g/mol. The van der Waals surface area contributed by atoms with E-state index in [1.165, 1.54) is 10.2 Å². The molecule has 0 saturated heterocycles. The van der Waals surface area contributed by atoms with Crippen molar-refractivity contribution in [1.82, 2.24) is 9.78 Å². The Labute approximate surface area is 119 Å². The smallest absolute Gasteiger partial charge is 0.0766 e. The number of nitrogens with zero attached hydrogens (tertiary/aromatic N) is 2. The number of nitrogens with two attached hydrogens (primary N) is 1. The van der Waals surface area contributed by atoms with Gasteiger partial charge in [0.1, 0.15) is 0 Å². The summed E-state index contributed by atoms with van der Waals surface area (Å²) in [6.07, 6.45) is 3.00. The molecule has 0 amide bonds. The van der Waals surface area contributed by atoms with Crippen LogP contribution >= 0.6 is 15.9 Å². The molecule has 18 heavy (non-hydrogen) atoms. The van der Waals surface area contributed by atoms with Gasteiger partial charge in [-0.2, -0.15) is 5.10 Å². The van der Waals surface area contributed by atoms with Crippen molar-refractivity contribution in [2.75, 3.05) is 0 Å². The molecule has 1 aromatic heterocycles. The van der Waals surface area contributed by atoms with E-state index in [9.17, 15) is 0 Å². The van der Waals surface area contributed by atoms with Crippen LogP contribution in [0.25, 0.3) is 0 Å². The molecule has 0 aliphatic carbocycles. The highest BCUT2D eigenvalue weighted by atomic mass is 79.9. The van der Waals surface area contributed by atoms with E-state index in [1.807, 2.05) is 0 Å². The maximum absolute atomic E-state index is 5.94. The standard InChI is InChI=1S/C14H26BrN3/c1-6-11-13(15)12(18(7-2)17-11)9-14(4,5)8-10(3)16/h10H,6-9,16H2,1-5H3. The summed E-state index contributed by atoms with van der Waals surface area (Å²) in [6, 6.07) is 0.238. The van der Waals surface area contributed by atoms with Crippen molar-refractivity contribution in [3.8, 4) is 0 Å². The number of aromatic nitrogens is 2. The fraction of sp³-hybridized carbons (Fsp3) is 0.786. The molecule has 0 aromatic carbocycles. The largest absolute Gasteiger partial charge is 0.328 e. The lowest BCUT2D eigenvalue weighted by Crippen LogP contribution is -2.27. The summed E-state index contributed by atoms with van der Waals surface area (Å²) in [7, 11) is 0. The lowest BCUT2D eigenvalue weighted by Gasteiger charge is -2.27. The van der Waals surface area contributed by atoms with Crippen molar-refractivity contribution in [1.29, 1.82) is 0 Å². The van der Waals surface area contributed by atoms with E-state index < -0.39 is 0 Å². The van der Waals surface area contributed by atoms with Crippen LogP contribution < -0.4 is 5.73 Å². The Balaban J connectivity index is 2.99. The summed E-state index contributed by atoms with van der Waals surface area (Å²) in [5, 5.41) is 4.65. The van der Waals surface area contributed by atoms with Crippen LogP contribution in [0.15, 0.2) is 4.47 Å². The van der Waals surface area contributed by atoms with E-state index in [1.54, 1.807) is 0 Å². The van der Waals surface area contributed by atoms with Crippen molar-refractivity contribution in [3.63, 3.8) is 0 Å². The quantitative estimate of drug-likeness (QED) is 0.872. The van der Waals surface area contributed by atoms with Crippen LogP contribution in [0.2, 0.25) is 0 Å². The molecule has 1 unspecified atom stereocenters. The van der Waals surface area contributed by atoms with Crippen LogP contribution in [0.4, 0.5) is 0 Å². The second-order valence-electron chi connectivity index (χ2n) is 5.90. The molecule has 0 radical (unpaired) electrons. The lowest BCUT2D eigenvalue weighted by atomic mass is 9.82. The number of hydrogen-bond donors (Lipinski definition) is 1. The molecule has 0 aliphatic heterocycles. The summed E-state index contributed by atoms with van der Waals surface area (Å²) in [5.74, 6) is 0. The van der Waals surface area contributed by atoms with Gasteiger partial charge in [0.15, 0.2) is 0 Å². The topological polar surface area (TPSA) is 43.8 Å².